The van der Waals surface area contributed by atoms with Crippen molar-refractivity contribution in [1.82, 2.24) is 20.9 Å². The van der Waals surface area contributed by atoms with Crippen molar-refractivity contribution in [3.05, 3.63) is 161 Å². The standard InChI is InChI=1S/C50H53N7O7/c1-56-43-22-9-8-21-42(43)46(38-15-4-2-5-16-38)54-47(48(56)60)55-50(62)53-40-19-10-13-36(29-40)31-44(58)52-32-35-23-26-57(27-24-35)33-37-14-11-20-41(30-37)63-28-12-25-51-45(59)34-64-49(61)39-17-6-3-7-18-39/h2-11,13-22,29-30,35,47H,12,23-28,31-34H2,1H3,(H,51,59)(H,52,58)(H2,53,55,62)/t47-/m0/s1. The Morgan fingerprint density at radius 1 is 0.766 bits per heavy atom. The maximum absolute atomic E-state index is 13.5. The van der Waals surface area contributed by atoms with E-state index in [1.165, 1.54) is 4.90 Å². The van der Waals surface area contributed by atoms with Crippen molar-refractivity contribution in [2.24, 2.45) is 10.9 Å². The van der Waals surface area contributed by atoms with Crippen LogP contribution in [0.5, 0.6) is 5.75 Å². The summed E-state index contributed by atoms with van der Waals surface area (Å²) >= 11 is 0. The Kier molecular flexibility index (Phi) is 15.5. The van der Waals surface area contributed by atoms with Gasteiger partial charge in [-0.25, -0.2) is 14.6 Å². The summed E-state index contributed by atoms with van der Waals surface area (Å²) in [7, 11) is 1.67. The number of piperidine rings is 1. The van der Waals surface area contributed by atoms with E-state index >= 15 is 0 Å². The third-order valence-corrected chi connectivity index (χ3v) is 11.1. The number of anilines is 2. The van der Waals surface area contributed by atoms with Crippen LogP contribution < -0.4 is 30.9 Å². The molecule has 5 aromatic carbocycles. The van der Waals surface area contributed by atoms with Crippen molar-refractivity contribution in [2.75, 3.05) is 56.7 Å². The lowest BCUT2D eigenvalue weighted by Gasteiger charge is -2.32. The zero-order chi connectivity index (χ0) is 44.7. The lowest BCUT2D eigenvalue weighted by Crippen LogP contribution is -2.47. The quantitative estimate of drug-likeness (QED) is 0.0656. The molecule has 64 heavy (non-hydrogen) atoms. The number of urea groups is 1. The number of nitrogens with one attached hydrogen (secondary N) is 4. The lowest BCUT2D eigenvalue weighted by atomic mass is 9.96. The summed E-state index contributed by atoms with van der Waals surface area (Å²) in [6, 6.07) is 40.1. The van der Waals surface area contributed by atoms with Crippen LogP contribution in [0.3, 0.4) is 0 Å². The number of para-hydroxylation sites is 1. The number of rotatable bonds is 17. The molecule has 14 heteroatoms. The molecule has 0 spiro atoms. The minimum atomic E-state index is -1.17. The Morgan fingerprint density at radius 3 is 2.28 bits per heavy atom. The highest BCUT2D eigenvalue weighted by atomic mass is 16.5. The van der Waals surface area contributed by atoms with E-state index in [0.29, 0.717) is 54.7 Å². The van der Waals surface area contributed by atoms with E-state index in [9.17, 15) is 24.0 Å². The van der Waals surface area contributed by atoms with E-state index in [-0.39, 0.29) is 30.7 Å². The molecule has 2 aliphatic heterocycles. The molecule has 0 aromatic heterocycles. The van der Waals surface area contributed by atoms with Crippen LogP contribution in [0.4, 0.5) is 16.2 Å². The second kappa shape index (κ2) is 22.2. The normalized spacial score (nSPS) is 15.2. The fourth-order valence-electron chi connectivity index (χ4n) is 7.67. The highest BCUT2D eigenvalue weighted by Gasteiger charge is 2.31. The van der Waals surface area contributed by atoms with Gasteiger partial charge in [-0.05, 0) is 91.9 Å². The maximum atomic E-state index is 13.5. The van der Waals surface area contributed by atoms with Gasteiger partial charge in [0.15, 0.2) is 6.61 Å². The molecule has 2 aliphatic rings. The zero-order valence-electron chi connectivity index (χ0n) is 35.8. The Labute approximate surface area is 373 Å². The van der Waals surface area contributed by atoms with Gasteiger partial charge in [-0.2, -0.15) is 0 Å². The lowest BCUT2D eigenvalue weighted by molar-refractivity contribution is -0.124. The van der Waals surface area contributed by atoms with E-state index in [4.69, 9.17) is 14.5 Å². The molecule has 14 nitrogen and oxygen atoms in total. The van der Waals surface area contributed by atoms with Gasteiger partial charge < -0.3 is 35.6 Å². The van der Waals surface area contributed by atoms with Gasteiger partial charge >= 0.3 is 12.0 Å². The summed E-state index contributed by atoms with van der Waals surface area (Å²) in [4.78, 5) is 72.6. The van der Waals surface area contributed by atoms with Crippen molar-refractivity contribution in [2.45, 2.75) is 38.4 Å². The Bertz CT molecular complexity index is 2440. The SMILES string of the molecule is CN1C(=O)[C@H](NC(=O)Nc2cccc(CC(=O)NCC3CCN(Cc4cccc(OCCCNC(=O)COC(=O)c5ccccc5)c4)CC3)c2)N=C(c2ccccc2)c2ccccc21. The molecule has 2 heterocycles. The van der Waals surface area contributed by atoms with Crippen molar-refractivity contribution >= 4 is 46.8 Å². The molecule has 7 rings (SSSR count). The number of likely N-dealkylation sites (N-methyl/N-ethyl adjacent to an activating group) is 1. The van der Waals surface area contributed by atoms with Crippen LogP contribution in [-0.2, 0) is 32.1 Å². The molecule has 1 fully saturated rings. The number of fused-ring (bicyclic) bond motifs is 1. The van der Waals surface area contributed by atoms with E-state index in [1.54, 1.807) is 55.6 Å². The molecular formula is C50H53N7O7. The molecule has 1 saturated heterocycles. The van der Waals surface area contributed by atoms with Gasteiger partial charge in [0.2, 0.25) is 12.1 Å². The van der Waals surface area contributed by atoms with Gasteiger partial charge in [-0.15, -0.1) is 0 Å². The fourth-order valence-corrected chi connectivity index (χ4v) is 7.67. The molecule has 1 atom stereocenters. The third kappa shape index (κ3) is 12.6. The molecule has 0 radical (unpaired) electrons. The third-order valence-electron chi connectivity index (χ3n) is 11.1. The second-order valence-corrected chi connectivity index (χ2v) is 15.8. The number of benzene rings is 5. The van der Waals surface area contributed by atoms with Gasteiger partial charge in [0.25, 0.3) is 11.8 Å². The minimum absolute atomic E-state index is 0.0954. The molecule has 0 aliphatic carbocycles. The van der Waals surface area contributed by atoms with Crippen LogP contribution in [0.2, 0.25) is 0 Å². The minimum Gasteiger partial charge on any atom is -0.494 e. The average Bonchev–Trinajstić information content (AvgIpc) is 3.41. The smallest absolute Gasteiger partial charge is 0.338 e. The maximum Gasteiger partial charge on any atom is 0.338 e. The monoisotopic (exact) mass is 863 g/mol. The van der Waals surface area contributed by atoms with E-state index in [2.05, 4.69) is 32.2 Å². The first-order chi connectivity index (χ1) is 31.2. The van der Waals surface area contributed by atoms with E-state index in [1.807, 2.05) is 78.9 Å². The number of hydrogen-bond donors (Lipinski definition) is 4. The number of esters is 1. The van der Waals surface area contributed by atoms with Crippen molar-refractivity contribution in [1.29, 1.82) is 0 Å². The van der Waals surface area contributed by atoms with Crippen LogP contribution >= 0.6 is 0 Å². The predicted octanol–water partition coefficient (Wildman–Crippen LogP) is 5.96. The molecular weight excluding hydrogens is 811 g/mol. The number of hydrogen-bond acceptors (Lipinski definition) is 9. The summed E-state index contributed by atoms with van der Waals surface area (Å²) in [5.41, 5.74) is 5.68. The number of carbonyl (C=O) groups is 5. The number of nitrogens with zero attached hydrogens (tertiary/aromatic N) is 3. The van der Waals surface area contributed by atoms with Gasteiger partial charge in [-0.3, -0.25) is 19.3 Å². The first kappa shape index (κ1) is 44.7. The first-order valence-electron chi connectivity index (χ1n) is 21.5. The largest absolute Gasteiger partial charge is 0.494 e. The molecule has 0 bridgehead atoms. The number of likely N-dealkylation sites (tertiary alicyclic amines) is 1. The average molecular weight is 864 g/mol. The topological polar surface area (TPSA) is 171 Å². The Morgan fingerprint density at radius 2 is 1.48 bits per heavy atom. The van der Waals surface area contributed by atoms with Crippen LogP contribution in [0.1, 0.15) is 51.9 Å². The molecule has 5 amide bonds. The van der Waals surface area contributed by atoms with Crippen molar-refractivity contribution in [3.8, 4) is 5.75 Å². The number of amides is 5. The van der Waals surface area contributed by atoms with Gasteiger partial charge in [0, 0.05) is 43.5 Å². The van der Waals surface area contributed by atoms with Crippen molar-refractivity contribution in [3.63, 3.8) is 0 Å². The number of carbonyl (C=O) groups excluding carboxylic acids is 5. The molecule has 5 aromatic rings. The fraction of sp³-hybridized carbons (Fsp3) is 0.280. The molecule has 0 saturated carbocycles. The summed E-state index contributed by atoms with van der Waals surface area (Å²) in [6.07, 6.45) is 1.51. The van der Waals surface area contributed by atoms with Crippen LogP contribution in [0.15, 0.2) is 138 Å². The first-order valence-corrected chi connectivity index (χ1v) is 21.5. The summed E-state index contributed by atoms with van der Waals surface area (Å²) in [5.74, 6) is -0.240. The molecule has 4 N–H and O–H groups in total. The summed E-state index contributed by atoms with van der Waals surface area (Å²) in [5, 5.41) is 11.4. The highest BCUT2D eigenvalue weighted by molar-refractivity contribution is 6.20. The Balaban J connectivity index is 0.797. The number of aliphatic imine (C=N–C) groups is 1. The highest BCUT2D eigenvalue weighted by Crippen LogP contribution is 2.27. The Hall–Kier alpha value is -7.32. The van der Waals surface area contributed by atoms with Gasteiger partial charge in [0.1, 0.15) is 5.75 Å². The van der Waals surface area contributed by atoms with Crippen LogP contribution in [0.25, 0.3) is 0 Å². The molecule has 330 valence electrons. The van der Waals surface area contributed by atoms with Crippen molar-refractivity contribution < 1.29 is 33.4 Å². The number of ether oxygens (including phenoxy) is 2. The van der Waals surface area contributed by atoms with E-state index < -0.39 is 18.2 Å². The summed E-state index contributed by atoms with van der Waals surface area (Å²) < 4.78 is 11.0. The summed E-state index contributed by atoms with van der Waals surface area (Å²) in [6.45, 7) is 3.70. The number of benzodiazepines with no additional fused rings is 1. The van der Waals surface area contributed by atoms with Crippen LogP contribution in [-0.4, -0.2) is 92.9 Å². The predicted molar refractivity (Wildman–Crippen MR) is 245 cm³/mol. The van der Waals surface area contributed by atoms with E-state index in [0.717, 1.165) is 60.5 Å². The van der Waals surface area contributed by atoms with Gasteiger partial charge in [0.05, 0.1) is 30.0 Å². The van der Waals surface area contributed by atoms with Crippen LogP contribution in [0, 0.1) is 5.92 Å². The zero-order valence-corrected chi connectivity index (χ0v) is 35.8. The second-order valence-electron chi connectivity index (χ2n) is 15.8. The molecule has 0 unspecified atom stereocenters. The van der Waals surface area contributed by atoms with Gasteiger partial charge in [-0.1, -0.05) is 91.0 Å².